The second kappa shape index (κ2) is 3.78. The average molecular weight is 160 g/mol. The summed E-state index contributed by atoms with van der Waals surface area (Å²) in [6.45, 7) is 0. The molecular weight excluding hydrogens is 156 g/mol. The lowest BCUT2D eigenvalue weighted by Gasteiger charge is -1.84. The van der Waals surface area contributed by atoms with E-state index in [9.17, 15) is 16.8 Å². The van der Waals surface area contributed by atoms with Gasteiger partial charge in [0.1, 0.15) is 0 Å². The quantitative estimate of drug-likeness (QED) is 0.264. The van der Waals surface area contributed by atoms with Gasteiger partial charge in [-0.05, 0) is 0 Å². The normalized spacial score (nSPS) is 10.8. The molecule has 0 saturated carbocycles. The third-order valence-corrected chi connectivity index (χ3v) is 0.998. The van der Waals surface area contributed by atoms with Gasteiger partial charge in [-0.2, -0.15) is 0 Å². The molecule has 50 valence electrons. The van der Waals surface area contributed by atoms with Crippen LogP contribution in [0.25, 0.3) is 0 Å². The SMILES string of the molecule is O=[SH](=O)NN[SH](=O)=O. The first kappa shape index (κ1) is 7.82. The van der Waals surface area contributed by atoms with Crippen LogP contribution in [0.1, 0.15) is 0 Å². The van der Waals surface area contributed by atoms with Gasteiger partial charge in [0.05, 0.1) is 0 Å². The summed E-state index contributed by atoms with van der Waals surface area (Å²) in [5.74, 6) is 0. The fourth-order valence-corrected chi connectivity index (χ4v) is 0.735. The monoisotopic (exact) mass is 160 g/mol. The van der Waals surface area contributed by atoms with E-state index in [-0.39, 0.29) is 0 Å². The van der Waals surface area contributed by atoms with Crippen molar-refractivity contribution in [3.05, 3.63) is 0 Å². The summed E-state index contributed by atoms with van der Waals surface area (Å²) in [5, 5.41) is 0. The molecule has 0 unspecified atom stereocenters. The zero-order valence-corrected chi connectivity index (χ0v) is 5.32. The molecule has 8 heteroatoms. The summed E-state index contributed by atoms with van der Waals surface area (Å²) in [7, 11) is -5.76. The van der Waals surface area contributed by atoms with Crippen molar-refractivity contribution in [1.29, 1.82) is 0 Å². The van der Waals surface area contributed by atoms with Crippen molar-refractivity contribution in [3.8, 4) is 0 Å². The Morgan fingerprint density at radius 3 is 1.12 bits per heavy atom. The molecule has 0 rings (SSSR count). The van der Waals surface area contributed by atoms with E-state index in [4.69, 9.17) is 0 Å². The first-order valence-electron chi connectivity index (χ1n) is 1.43. The first-order valence-corrected chi connectivity index (χ1v) is 3.78. The Bertz CT molecular complexity index is 150. The highest BCUT2D eigenvalue weighted by molar-refractivity contribution is 7.73. The molecule has 8 heavy (non-hydrogen) atoms. The van der Waals surface area contributed by atoms with Crippen LogP contribution in [0.3, 0.4) is 0 Å². The molecule has 0 atom stereocenters. The first-order chi connectivity index (χ1) is 3.63. The molecule has 0 aliphatic carbocycles. The lowest BCUT2D eigenvalue weighted by molar-refractivity contribution is 0.581. The predicted octanol–water partition coefficient (Wildman–Crippen LogP) is -2.87. The fourth-order valence-electron chi connectivity index (χ4n) is 0.0816. The van der Waals surface area contributed by atoms with Crippen LogP contribution in [0.2, 0.25) is 0 Å². The van der Waals surface area contributed by atoms with Crippen LogP contribution >= 0.6 is 0 Å². The van der Waals surface area contributed by atoms with Gasteiger partial charge in [-0.1, -0.05) is 0 Å². The summed E-state index contributed by atoms with van der Waals surface area (Å²) in [6.07, 6.45) is 0. The van der Waals surface area contributed by atoms with Crippen molar-refractivity contribution in [2.75, 3.05) is 0 Å². The number of nitrogens with one attached hydrogen (secondary N) is 2. The standard InChI is InChI=1S/H4N2O4S2/c3-7(4)1-2-8(5)6/h7-8H,(H,1,3,4)(H,2,5,6). The van der Waals surface area contributed by atoms with Crippen LogP contribution in [0, 0.1) is 0 Å². The summed E-state index contributed by atoms with van der Waals surface area (Å²) < 4.78 is 38.0. The van der Waals surface area contributed by atoms with Crippen molar-refractivity contribution in [3.63, 3.8) is 0 Å². The van der Waals surface area contributed by atoms with Gasteiger partial charge < -0.3 is 0 Å². The minimum Gasteiger partial charge on any atom is -0.214 e. The van der Waals surface area contributed by atoms with Gasteiger partial charge in [-0.3, -0.25) is 0 Å². The Kier molecular flexibility index (Phi) is 3.69. The predicted molar refractivity (Wildman–Crippen MR) is 26.9 cm³/mol. The molecule has 0 aromatic carbocycles. The molecule has 0 radical (unpaired) electrons. The van der Waals surface area contributed by atoms with Crippen LogP contribution < -0.4 is 9.66 Å². The molecule has 0 spiro atoms. The molecule has 0 aliphatic heterocycles. The van der Waals surface area contributed by atoms with Gasteiger partial charge in [-0.15, -0.1) is 9.66 Å². The molecule has 2 N–H and O–H groups in total. The summed E-state index contributed by atoms with van der Waals surface area (Å²) >= 11 is 0. The van der Waals surface area contributed by atoms with Gasteiger partial charge >= 0.3 is 0 Å². The zero-order valence-electron chi connectivity index (χ0n) is 3.53. The number of hydrogen-bond donors (Lipinski definition) is 4. The maximum Gasteiger partial charge on any atom is 0.215 e. The molecule has 0 aromatic heterocycles. The summed E-state index contributed by atoms with van der Waals surface area (Å²) in [4.78, 5) is 2.90. The highest BCUT2D eigenvalue weighted by atomic mass is 32.2. The fraction of sp³-hybridized carbons (Fsp3) is 0. The van der Waals surface area contributed by atoms with Crippen molar-refractivity contribution in [2.45, 2.75) is 0 Å². The minimum absolute atomic E-state index is 1.45. The van der Waals surface area contributed by atoms with E-state index in [1.807, 2.05) is 0 Å². The highest BCUT2D eigenvalue weighted by Crippen LogP contribution is 1.44. The van der Waals surface area contributed by atoms with Crippen molar-refractivity contribution in [2.24, 2.45) is 0 Å². The number of hydrogen-bond acceptors (Lipinski definition) is 4. The van der Waals surface area contributed by atoms with E-state index < -0.39 is 21.8 Å². The average Bonchev–Trinajstić information content (AvgIpc) is 1.61. The van der Waals surface area contributed by atoms with E-state index >= 15 is 0 Å². The molecule has 0 amide bonds. The largest absolute Gasteiger partial charge is 0.215 e. The van der Waals surface area contributed by atoms with Crippen LogP contribution in [-0.4, -0.2) is 16.8 Å². The molecule has 6 nitrogen and oxygen atoms in total. The van der Waals surface area contributed by atoms with Gasteiger partial charge in [-0.25, -0.2) is 16.8 Å². The Morgan fingerprint density at radius 1 is 0.750 bits per heavy atom. The summed E-state index contributed by atoms with van der Waals surface area (Å²) in [6, 6.07) is 0. The molecule has 0 heterocycles. The second-order valence-corrected chi connectivity index (χ2v) is 2.21. The van der Waals surface area contributed by atoms with E-state index in [0.29, 0.717) is 0 Å². The molecule has 0 aliphatic rings. The smallest absolute Gasteiger partial charge is 0.214 e. The molecule has 0 saturated heterocycles. The lowest BCUT2D eigenvalue weighted by atomic mass is 13.0. The van der Waals surface area contributed by atoms with Crippen LogP contribution in [0.4, 0.5) is 0 Å². The third kappa shape index (κ3) is 5.82. The number of hydrazine groups is 1. The van der Waals surface area contributed by atoms with Crippen molar-refractivity contribution < 1.29 is 16.8 Å². The topological polar surface area (TPSA) is 92.3 Å². The Balaban J connectivity index is 3.48. The maximum atomic E-state index is 9.50. The van der Waals surface area contributed by atoms with Gasteiger partial charge in [0.25, 0.3) is 0 Å². The zero-order chi connectivity index (χ0) is 6.57. The lowest BCUT2D eigenvalue weighted by Crippen LogP contribution is -2.28. The van der Waals surface area contributed by atoms with Crippen LogP contribution in [0.5, 0.6) is 0 Å². The number of thiol groups is 2. The summed E-state index contributed by atoms with van der Waals surface area (Å²) in [5.41, 5.74) is 0. The Hall–Kier alpha value is -0.180. The van der Waals surface area contributed by atoms with Crippen molar-refractivity contribution >= 4 is 21.8 Å². The molecule has 0 fully saturated rings. The van der Waals surface area contributed by atoms with Gasteiger partial charge in [0, 0.05) is 0 Å². The van der Waals surface area contributed by atoms with Gasteiger partial charge in [0.2, 0.25) is 21.8 Å². The van der Waals surface area contributed by atoms with E-state index in [1.54, 1.807) is 0 Å². The number of rotatable bonds is 3. The Labute approximate surface area is 49.0 Å². The van der Waals surface area contributed by atoms with E-state index in [1.165, 1.54) is 9.66 Å². The Morgan fingerprint density at radius 2 is 1.00 bits per heavy atom. The van der Waals surface area contributed by atoms with E-state index in [2.05, 4.69) is 0 Å². The minimum atomic E-state index is -2.88. The van der Waals surface area contributed by atoms with Crippen LogP contribution in [0.15, 0.2) is 0 Å². The molecular formula is H4N2O4S2. The molecule has 0 aromatic rings. The van der Waals surface area contributed by atoms with Crippen molar-refractivity contribution in [1.82, 2.24) is 9.66 Å². The third-order valence-electron chi connectivity index (χ3n) is 0.233. The second-order valence-electron chi connectivity index (χ2n) is 0.738. The van der Waals surface area contributed by atoms with E-state index in [0.717, 1.165) is 0 Å². The molecule has 0 bridgehead atoms. The maximum absolute atomic E-state index is 9.50. The van der Waals surface area contributed by atoms with Gasteiger partial charge in [0.15, 0.2) is 0 Å². The van der Waals surface area contributed by atoms with Crippen LogP contribution in [-0.2, 0) is 21.8 Å². The highest BCUT2D eigenvalue weighted by Gasteiger charge is 1.79.